The summed E-state index contributed by atoms with van der Waals surface area (Å²) in [5, 5.41) is 0. The van der Waals surface area contributed by atoms with Crippen LogP contribution in [0, 0.1) is 0 Å². The average molecular weight is 369 g/mol. The number of nitrogens with zero attached hydrogens (tertiary/aromatic N) is 4. The molecule has 144 valence electrons. The lowest BCUT2D eigenvalue weighted by Crippen LogP contribution is -2.42. The van der Waals surface area contributed by atoms with Gasteiger partial charge in [0, 0.05) is 30.9 Å². The van der Waals surface area contributed by atoms with Gasteiger partial charge < -0.3 is 31.4 Å². The molecule has 1 aromatic carbocycles. The second kappa shape index (κ2) is 8.13. The van der Waals surface area contributed by atoms with Gasteiger partial charge in [-0.2, -0.15) is 4.98 Å². The summed E-state index contributed by atoms with van der Waals surface area (Å²) in [5.74, 6) is 0.295. The maximum atomic E-state index is 5.74. The van der Waals surface area contributed by atoms with Crippen LogP contribution in [-0.2, 0) is 0 Å². The minimum absolute atomic E-state index is 0.295. The van der Waals surface area contributed by atoms with Crippen LogP contribution in [-0.4, -0.2) is 48.1 Å². The molecule has 3 aromatic rings. The third kappa shape index (κ3) is 4.59. The molecule has 0 amide bonds. The van der Waals surface area contributed by atoms with Gasteiger partial charge in [-0.3, -0.25) is 0 Å². The van der Waals surface area contributed by atoms with Crippen LogP contribution < -0.4 is 22.1 Å². The van der Waals surface area contributed by atoms with E-state index in [9.17, 15) is 0 Å². The molecule has 0 unspecified atom stereocenters. The monoisotopic (exact) mass is 369 g/mol. The van der Waals surface area contributed by atoms with Crippen LogP contribution in [0.4, 0.5) is 23.2 Å². The van der Waals surface area contributed by atoms with Gasteiger partial charge in [-0.25, -0.2) is 4.98 Å². The largest absolute Gasteiger partial charge is 0.422 e. The number of rotatable bonds is 2. The number of hydrogen-bond donors (Lipinski definition) is 3. The quantitative estimate of drug-likeness (QED) is 0.587. The highest BCUT2D eigenvalue weighted by Crippen LogP contribution is 2.27. The second-order valence-corrected chi connectivity index (χ2v) is 6.87. The molecule has 1 aliphatic rings. The van der Waals surface area contributed by atoms with Crippen molar-refractivity contribution in [3.8, 4) is 0 Å². The van der Waals surface area contributed by atoms with Gasteiger partial charge in [-0.1, -0.05) is 18.2 Å². The van der Waals surface area contributed by atoms with Crippen LogP contribution in [0.2, 0.25) is 0 Å². The Morgan fingerprint density at radius 2 is 1.70 bits per heavy atom. The van der Waals surface area contributed by atoms with E-state index in [4.69, 9.17) is 21.6 Å². The Bertz CT molecular complexity index is 831. The molecular weight excluding hydrogens is 342 g/mol. The van der Waals surface area contributed by atoms with Gasteiger partial charge in [-0.15, -0.1) is 0 Å². The van der Waals surface area contributed by atoms with E-state index in [0.717, 1.165) is 31.6 Å². The van der Waals surface area contributed by atoms with E-state index in [-0.39, 0.29) is 0 Å². The molecule has 8 heteroatoms. The van der Waals surface area contributed by atoms with Gasteiger partial charge in [-0.05, 0) is 39.1 Å². The molecule has 0 atom stereocenters. The van der Waals surface area contributed by atoms with Crippen molar-refractivity contribution in [2.45, 2.75) is 18.9 Å². The molecule has 0 saturated carbocycles. The number of anilines is 4. The summed E-state index contributed by atoms with van der Waals surface area (Å²) in [6.07, 6.45) is 2.20. The molecule has 0 radical (unpaired) electrons. The zero-order chi connectivity index (χ0) is 19.4. The minimum Gasteiger partial charge on any atom is -0.422 e. The maximum absolute atomic E-state index is 5.74. The van der Waals surface area contributed by atoms with Crippen molar-refractivity contribution in [2.75, 3.05) is 49.3 Å². The fourth-order valence-electron chi connectivity index (χ4n) is 3.04. The fraction of sp³-hybridized carbons (Fsp3) is 0.368. The first-order valence-corrected chi connectivity index (χ1v) is 8.98. The number of hydrogen-bond acceptors (Lipinski definition) is 8. The first-order valence-electron chi connectivity index (χ1n) is 8.98. The van der Waals surface area contributed by atoms with Gasteiger partial charge in [0.15, 0.2) is 5.58 Å². The predicted molar refractivity (Wildman–Crippen MR) is 110 cm³/mol. The highest BCUT2D eigenvalue weighted by atomic mass is 16.4. The summed E-state index contributed by atoms with van der Waals surface area (Å²) in [4.78, 5) is 13.0. The number of nitrogen functional groups attached to an aromatic ring is 3. The number of piperidine rings is 1. The van der Waals surface area contributed by atoms with Crippen molar-refractivity contribution < 1.29 is 4.42 Å². The minimum atomic E-state index is 0.295. The highest BCUT2D eigenvalue weighted by Gasteiger charge is 2.24. The first-order chi connectivity index (χ1) is 12.9. The van der Waals surface area contributed by atoms with Crippen LogP contribution in [0.5, 0.6) is 0 Å². The van der Waals surface area contributed by atoms with Crippen molar-refractivity contribution >= 4 is 34.4 Å². The van der Waals surface area contributed by atoms with Gasteiger partial charge in [0.05, 0.1) is 5.69 Å². The topological polar surface area (TPSA) is 123 Å². The van der Waals surface area contributed by atoms with Crippen LogP contribution in [0.15, 0.2) is 40.8 Å². The van der Waals surface area contributed by atoms with Crippen LogP contribution in [0.3, 0.4) is 0 Å². The zero-order valence-electron chi connectivity index (χ0n) is 15.8. The second-order valence-electron chi connectivity index (χ2n) is 6.87. The summed E-state index contributed by atoms with van der Waals surface area (Å²) < 4.78 is 5.74. The fourth-order valence-corrected chi connectivity index (χ4v) is 3.04. The van der Waals surface area contributed by atoms with E-state index in [0.29, 0.717) is 34.8 Å². The Morgan fingerprint density at radius 3 is 2.26 bits per heavy atom. The normalized spacial score (nSPS) is 15.0. The molecule has 0 bridgehead atoms. The van der Waals surface area contributed by atoms with Gasteiger partial charge in [0.1, 0.15) is 5.82 Å². The zero-order valence-corrected chi connectivity index (χ0v) is 15.8. The van der Waals surface area contributed by atoms with E-state index in [1.165, 1.54) is 0 Å². The molecule has 4 rings (SSSR count). The number of para-hydroxylation sites is 1. The first kappa shape index (κ1) is 18.8. The Morgan fingerprint density at radius 1 is 1.04 bits per heavy atom. The Hall–Kier alpha value is -3.00. The standard InChI is InChI=1S/C13H20N6O.C6H7N/c1-18(2)8-3-5-19(6-4-8)13-17-12-10(20-13)7-9(14)11(15)16-12;7-6-4-2-1-3-5-6/h7-8H,3-6,14H2,1-2H3,(H2,15,16);1-5H,7H2. The van der Waals surface area contributed by atoms with Crippen molar-refractivity contribution in [3.05, 3.63) is 36.4 Å². The summed E-state index contributed by atoms with van der Waals surface area (Å²) in [6, 6.07) is 12.4. The lowest BCUT2D eigenvalue weighted by molar-refractivity contribution is 0.247. The molecule has 1 aliphatic heterocycles. The number of benzene rings is 1. The van der Waals surface area contributed by atoms with E-state index >= 15 is 0 Å². The highest BCUT2D eigenvalue weighted by molar-refractivity contribution is 5.79. The maximum Gasteiger partial charge on any atom is 0.299 e. The molecule has 1 saturated heterocycles. The SMILES string of the molecule is CN(C)C1CCN(c2nc3nc(N)c(N)cc3o2)CC1.Nc1ccccc1. The van der Waals surface area contributed by atoms with Crippen molar-refractivity contribution in [2.24, 2.45) is 0 Å². The lowest BCUT2D eigenvalue weighted by atomic mass is 10.0. The van der Waals surface area contributed by atoms with Crippen LogP contribution in [0.1, 0.15) is 12.8 Å². The molecule has 8 nitrogen and oxygen atoms in total. The smallest absolute Gasteiger partial charge is 0.299 e. The van der Waals surface area contributed by atoms with Gasteiger partial charge >= 0.3 is 0 Å². The van der Waals surface area contributed by atoms with Crippen LogP contribution >= 0.6 is 0 Å². The predicted octanol–water partition coefficient (Wildman–Crippen LogP) is 2.19. The molecular formula is C19H27N7O. The van der Waals surface area contributed by atoms with Crippen molar-refractivity contribution in [1.82, 2.24) is 14.9 Å². The lowest BCUT2D eigenvalue weighted by Gasteiger charge is -2.34. The summed E-state index contributed by atoms with van der Waals surface area (Å²) in [6.45, 7) is 1.86. The molecule has 0 aliphatic carbocycles. The van der Waals surface area contributed by atoms with E-state index in [2.05, 4.69) is 33.9 Å². The molecule has 27 heavy (non-hydrogen) atoms. The molecule has 3 heterocycles. The van der Waals surface area contributed by atoms with Gasteiger partial charge in [0.2, 0.25) is 5.65 Å². The Balaban J connectivity index is 0.000000253. The number of aromatic nitrogens is 2. The van der Waals surface area contributed by atoms with E-state index in [1.54, 1.807) is 6.07 Å². The van der Waals surface area contributed by atoms with Gasteiger partial charge in [0.25, 0.3) is 6.01 Å². The summed E-state index contributed by atoms with van der Waals surface area (Å²) >= 11 is 0. The Labute approximate surface area is 158 Å². The van der Waals surface area contributed by atoms with Crippen molar-refractivity contribution in [3.63, 3.8) is 0 Å². The summed E-state index contributed by atoms with van der Waals surface area (Å²) in [7, 11) is 4.24. The summed E-state index contributed by atoms with van der Waals surface area (Å²) in [5.41, 5.74) is 19.1. The molecule has 0 spiro atoms. The number of nitrogens with two attached hydrogens (primary N) is 3. The molecule has 6 N–H and O–H groups in total. The number of pyridine rings is 1. The van der Waals surface area contributed by atoms with Crippen molar-refractivity contribution in [1.29, 1.82) is 0 Å². The van der Waals surface area contributed by atoms with E-state index < -0.39 is 0 Å². The molecule has 2 aromatic heterocycles. The third-order valence-electron chi connectivity index (χ3n) is 4.70. The molecule has 1 fully saturated rings. The van der Waals surface area contributed by atoms with E-state index in [1.807, 2.05) is 30.3 Å². The Kier molecular flexibility index (Phi) is 5.66. The van der Waals surface area contributed by atoms with Crippen LogP contribution in [0.25, 0.3) is 11.2 Å². The average Bonchev–Trinajstić information content (AvgIpc) is 3.06. The number of fused-ring (bicyclic) bond motifs is 1. The number of oxazole rings is 1. The third-order valence-corrected chi connectivity index (χ3v) is 4.70.